The molecule has 4 heteroatoms. The largest absolute Gasteiger partial charge is 0.357 e. The number of aromatic nitrogens is 2. The summed E-state index contributed by atoms with van der Waals surface area (Å²) in [5, 5.41) is 0. The molecule has 0 aliphatic carbocycles. The molecule has 1 unspecified atom stereocenters. The number of halogens is 1. The molecule has 1 atom stereocenters. The van der Waals surface area contributed by atoms with Crippen LogP contribution in [0.5, 0.6) is 0 Å². The number of nitrogens with one attached hydrogen (secondary N) is 1. The van der Waals surface area contributed by atoms with Crippen LogP contribution in [0, 0.1) is 5.82 Å². The highest BCUT2D eigenvalue weighted by atomic mass is 19.1. The van der Waals surface area contributed by atoms with E-state index in [0.29, 0.717) is 6.04 Å². The molecule has 24 heavy (non-hydrogen) atoms. The van der Waals surface area contributed by atoms with E-state index in [9.17, 15) is 4.39 Å². The van der Waals surface area contributed by atoms with Gasteiger partial charge in [0.2, 0.25) is 0 Å². The minimum absolute atomic E-state index is 0.216. The summed E-state index contributed by atoms with van der Waals surface area (Å²) in [6.45, 7) is 1.13. The zero-order valence-corrected chi connectivity index (χ0v) is 13.7. The second-order valence-corrected chi connectivity index (χ2v) is 6.39. The molecule has 3 heterocycles. The highest BCUT2D eigenvalue weighted by molar-refractivity contribution is 5.81. The predicted molar refractivity (Wildman–Crippen MR) is 94.0 cm³/mol. The Bertz CT molecular complexity index is 824. The van der Waals surface area contributed by atoms with Crippen LogP contribution in [0.4, 0.5) is 4.39 Å². The quantitative estimate of drug-likeness (QED) is 0.761. The number of aromatic amines is 1. The predicted octanol–water partition coefficient (Wildman–Crippen LogP) is 4.65. The lowest BCUT2D eigenvalue weighted by molar-refractivity contribution is 0.313. The number of likely N-dealkylation sites (tertiary alicyclic amines) is 1. The van der Waals surface area contributed by atoms with E-state index in [2.05, 4.69) is 28.0 Å². The smallest absolute Gasteiger partial charge is 0.123 e. The molecule has 3 nitrogen and oxygen atoms in total. The lowest BCUT2D eigenvalue weighted by atomic mass is 10.0. The standard InChI is InChI=1S/C20H20FN3/c1-24-12-2-3-19(24)18-13-17(14-8-10-22-11-9-14)20(23-18)15-4-6-16(21)7-5-15/h4-11,13,19,23H,2-3,12H2,1H3. The van der Waals surface area contributed by atoms with Crippen molar-refractivity contribution in [1.29, 1.82) is 0 Å². The van der Waals surface area contributed by atoms with E-state index in [1.807, 2.05) is 24.3 Å². The molecular weight excluding hydrogens is 301 g/mol. The zero-order chi connectivity index (χ0) is 16.5. The van der Waals surface area contributed by atoms with Gasteiger partial charge in [-0.15, -0.1) is 0 Å². The van der Waals surface area contributed by atoms with Crippen molar-refractivity contribution in [2.75, 3.05) is 13.6 Å². The number of hydrogen-bond donors (Lipinski definition) is 1. The van der Waals surface area contributed by atoms with Crippen LogP contribution in [0.25, 0.3) is 22.4 Å². The van der Waals surface area contributed by atoms with Gasteiger partial charge in [-0.25, -0.2) is 4.39 Å². The minimum atomic E-state index is -0.216. The third-order valence-corrected chi connectivity index (χ3v) is 4.84. The van der Waals surface area contributed by atoms with Crippen molar-refractivity contribution in [2.24, 2.45) is 0 Å². The van der Waals surface area contributed by atoms with Gasteiger partial charge in [0, 0.05) is 29.7 Å². The summed E-state index contributed by atoms with van der Waals surface area (Å²) < 4.78 is 13.3. The van der Waals surface area contributed by atoms with Crippen LogP contribution >= 0.6 is 0 Å². The summed E-state index contributed by atoms with van der Waals surface area (Å²) in [6.07, 6.45) is 5.99. The third-order valence-electron chi connectivity index (χ3n) is 4.84. The van der Waals surface area contributed by atoms with Crippen molar-refractivity contribution in [3.8, 4) is 22.4 Å². The Morgan fingerprint density at radius 1 is 1.08 bits per heavy atom. The fourth-order valence-corrected chi connectivity index (χ4v) is 3.56. The van der Waals surface area contributed by atoms with Crippen molar-refractivity contribution in [1.82, 2.24) is 14.9 Å². The maximum Gasteiger partial charge on any atom is 0.123 e. The van der Waals surface area contributed by atoms with Gasteiger partial charge in [0.1, 0.15) is 5.82 Å². The Balaban J connectivity index is 1.84. The maximum atomic E-state index is 13.3. The Morgan fingerprint density at radius 2 is 1.83 bits per heavy atom. The van der Waals surface area contributed by atoms with Gasteiger partial charge in [0.05, 0.1) is 5.69 Å². The van der Waals surface area contributed by atoms with E-state index in [1.54, 1.807) is 12.4 Å². The molecule has 122 valence electrons. The van der Waals surface area contributed by atoms with Gasteiger partial charge in [-0.05, 0) is 80.0 Å². The molecule has 0 amide bonds. The van der Waals surface area contributed by atoms with Gasteiger partial charge < -0.3 is 4.98 Å². The van der Waals surface area contributed by atoms with Crippen molar-refractivity contribution >= 4 is 0 Å². The molecule has 0 spiro atoms. The molecule has 1 aromatic carbocycles. The first-order chi connectivity index (χ1) is 11.7. The van der Waals surface area contributed by atoms with E-state index >= 15 is 0 Å². The number of benzene rings is 1. The minimum Gasteiger partial charge on any atom is -0.357 e. The SMILES string of the molecule is CN1CCCC1c1cc(-c2ccncc2)c(-c2ccc(F)cc2)[nH]1. The number of rotatable bonds is 3. The lowest BCUT2D eigenvalue weighted by Gasteiger charge is -2.17. The summed E-state index contributed by atoms with van der Waals surface area (Å²) in [5.74, 6) is -0.216. The Kier molecular flexibility index (Phi) is 3.90. The van der Waals surface area contributed by atoms with E-state index in [0.717, 1.165) is 35.3 Å². The second kappa shape index (κ2) is 6.21. The number of pyridine rings is 1. The van der Waals surface area contributed by atoms with Crippen molar-refractivity contribution in [2.45, 2.75) is 18.9 Å². The highest BCUT2D eigenvalue weighted by Crippen LogP contribution is 2.38. The molecule has 2 aromatic heterocycles. The van der Waals surface area contributed by atoms with Crippen LogP contribution in [0.2, 0.25) is 0 Å². The zero-order valence-electron chi connectivity index (χ0n) is 13.7. The Labute approximate surface area is 141 Å². The average Bonchev–Trinajstić information content (AvgIpc) is 3.22. The summed E-state index contributed by atoms with van der Waals surface area (Å²) in [7, 11) is 2.17. The molecule has 0 saturated carbocycles. The molecule has 1 fully saturated rings. The molecule has 4 rings (SSSR count). The van der Waals surface area contributed by atoms with Crippen LogP contribution < -0.4 is 0 Å². The number of nitrogens with zero attached hydrogens (tertiary/aromatic N) is 2. The molecule has 1 aliphatic rings. The first-order valence-corrected chi connectivity index (χ1v) is 8.32. The fraction of sp³-hybridized carbons (Fsp3) is 0.250. The molecule has 0 radical (unpaired) electrons. The second-order valence-electron chi connectivity index (χ2n) is 6.39. The van der Waals surface area contributed by atoms with Gasteiger partial charge in [-0.1, -0.05) is 0 Å². The fourth-order valence-electron chi connectivity index (χ4n) is 3.56. The van der Waals surface area contributed by atoms with E-state index in [-0.39, 0.29) is 5.82 Å². The van der Waals surface area contributed by atoms with Crippen LogP contribution in [0.15, 0.2) is 54.9 Å². The van der Waals surface area contributed by atoms with Crippen molar-refractivity contribution in [3.63, 3.8) is 0 Å². The van der Waals surface area contributed by atoms with Gasteiger partial charge in [-0.3, -0.25) is 9.88 Å². The summed E-state index contributed by atoms with van der Waals surface area (Å²) in [6, 6.07) is 13.3. The molecule has 1 aliphatic heterocycles. The Hall–Kier alpha value is -2.46. The molecule has 1 saturated heterocycles. The number of hydrogen-bond acceptors (Lipinski definition) is 2. The third kappa shape index (κ3) is 2.74. The average molecular weight is 321 g/mol. The highest BCUT2D eigenvalue weighted by Gasteiger charge is 2.25. The van der Waals surface area contributed by atoms with Gasteiger partial charge in [-0.2, -0.15) is 0 Å². The normalized spacial score (nSPS) is 18.2. The van der Waals surface area contributed by atoms with Crippen molar-refractivity contribution < 1.29 is 4.39 Å². The lowest BCUT2D eigenvalue weighted by Crippen LogP contribution is -2.17. The molecule has 1 N–H and O–H groups in total. The number of H-pyrrole nitrogens is 1. The first kappa shape index (κ1) is 15.1. The topological polar surface area (TPSA) is 31.9 Å². The van der Waals surface area contributed by atoms with Crippen LogP contribution in [-0.4, -0.2) is 28.5 Å². The summed E-state index contributed by atoms with van der Waals surface area (Å²) >= 11 is 0. The van der Waals surface area contributed by atoms with E-state index in [4.69, 9.17) is 0 Å². The van der Waals surface area contributed by atoms with Gasteiger partial charge >= 0.3 is 0 Å². The molecule has 3 aromatic rings. The van der Waals surface area contributed by atoms with Crippen LogP contribution in [0.3, 0.4) is 0 Å². The van der Waals surface area contributed by atoms with Crippen molar-refractivity contribution in [3.05, 3.63) is 66.4 Å². The monoisotopic (exact) mass is 321 g/mol. The van der Waals surface area contributed by atoms with E-state index in [1.165, 1.54) is 24.2 Å². The van der Waals surface area contributed by atoms with Gasteiger partial charge in [0.25, 0.3) is 0 Å². The molecule has 0 bridgehead atoms. The summed E-state index contributed by atoms with van der Waals surface area (Å²) in [5.41, 5.74) is 5.51. The maximum absolute atomic E-state index is 13.3. The van der Waals surface area contributed by atoms with E-state index < -0.39 is 0 Å². The van der Waals surface area contributed by atoms with Crippen LogP contribution in [-0.2, 0) is 0 Å². The first-order valence-electron chi connectivity index (χ1n) is 8.32. The van der Waals surface area contributed by atoms with Gasteiger partial charge in [0.15, 0.2) is 0 Å². The molecular formula is C20H20FN3. The van der Waals surface area contributed by atoms with Crippen LogP contribution in [0.1, 0.15) is 24.6 Å². The summed E-state index contributed by atoms with van der Waals surface area (Å²) in [4.78, 5) is 10.1. The Morgan fingerprint density at radius 3 is 2.50 bits per heavy atom.